The summed E-state index contributed by atoms with van der Waals surface area (Å²) in [4.78, 5) is 2.52. The Labute approximate surface area is 171 Å². The smallest absolute Gasteiger partial charge is 0.416 e. The molecule has 0 aliphatic carbocycles. The maximum Gasteiger partial charge on any atom is 0.416 e. The Kier molecular flexibility index (Phi) is 4.57. The second-order valence-corrected chi connectivity index (χ2v) is 8.00. The van der Waals surface area contributed by atoms with Crippen LogP contribution in [-0.4, -0.2) is 49.8 Å². The number of piperidine rings is 1. The Balaban J connectivity index is 1.48. The van der Waals surface area contributed by atoms with Crippen LogP contribution in [0.4, 0.5) is 19.1 Å². The van der Waals surface area contributed by atoms with E-state index in [2.05, 4.69) is 20.4 Å². The van der Waals surface area contributed by atoms with Gasteiger partial charge in [0, 0.05) is 30.4 Å². The minimum absolute atomic E-state index is 0.213. The van der Waals surface area contributed by atoms with Crippen LogP contribution in [0.25, 0.3) is 16.8 Å². The van der Waals surface area contributed by atoms with Crippen molar-refractivity contribution >= 4 is 11.5 Å². The summed E-state index contributed by atoms with van der Waals surface area (Å²) in [5.41, 5.74) is 0.313. The third kappa shape index (κ3) is 3.27. The van der Waals surface area contributed by atoms with E-state index in [9.17, 15) is 18.3 Å². The van der Waals surface area contributed by atoms with Gasteiger partial charge in [-0.15, -0.1) is 10.2 Å². The molecular weight excluding hydrogens is 395 g/mol. The molecule has 9 heteroatoms. The molecule has 2 saturated heterocycles. The minimum atomic E-state index is -4.52. The number of rotatable bonds is 3. The fourth-order valence-corrected chi connectivity index (χ4v) is 4.74. The number of anilines is 1. The molecule has 2 aromatic heterocycles. The molecule has 0 saturated carbocycles. The Morgan fingerprint density at radius 3 is 2.73 bits per heavy atom. The van der Waals surface area contributed by atoms with Crippen molar-refractivity contribution < 1.29 is 18.3 Å². The molecule has 2 aliphatic heterocycles. The van der Waals surface area contributed by atoms with Crippen molar-refractivity contribution in [2.75, 3.05) is 18.4 Å². The average Bonchev–Trinajstić information content (AvgIpc) is 3.36. The highest BCUT2D eigenvalue weighted by Crippen LogP contribution is 2.37. The predicted molar refractivity (Wildman–Crippen MR) is 106 cm³/mol. The highest BCUT2D eigenvalue weighted by molar-refractivity contribution is 5.81. The molecule has 5 rings (SSSR count). The molecule has 3 aromatic rings. The summed E-state index contributed by atoms with van der Waals surface area (Å²) in [6, 6.07) is 7.32. The van der Waals surface area contributed by atoms with E-state index in [-0.39, 0.29) is 11.6 Å². The van der Waals surface area contributed by atoms with Gasteiger partial charge >= 0.3 is 6.18 Å². The van der Waals surface area contributed by atoms with E-state index in [1.807, 2.05) is 22.7 Å². The molecule has 0 spiro atoms. The first kappa shape index (κ1) is 19.2. The van der Waals surface area contributed by atoms with Gasteiger partial charge in [-0.1, -0.05) is 6.42 Å². The monoisotopic (exact) mass is 417 g/mol. The number of hydrogen-bond donors (Lipinski definition) is 2. The largest absolute Gasteiger partial charge is 0.507 e. The summed E-state index contributed by atoms with van der Waals surface area (Å²) >= 11 is 0. The fraction of sp³-hybridized carbons (Fsp3) is 0.429. The van der Waals surface area contributed by atoms with Gasteiger partial charge in [0.15, 0.2) is 0 Å². The van der Waals surface area contributed by atoms with Crippen molar-refractivity contribution in [1.82, 2.24) is 19.5 Å². The molecule has 4 heterocycles. The zero-order valence-electron chi connectivity index (χ0n) is 16.2. The third-order valence-corrected chi connectivity index (χ3v) is 6.21. The van der Waals surface area contributed by atoms with E-state index in [1.54, 1.807) is 0 Å². The number of halogens is 3. The van der Waals surface area contributed by atoms with E-state index in [4.69, 9.17) is 0 Å². The molecule has 0 radical (unpaired) electrons. The van der Waals surface area contributed by atoms with Gasteiger partial charge < -0.3 is 10.4 Å². The summed E-state index contributed by atoms with van der Waals surface area (Å²) in [5.74, 6) is 0.124. The van der Waals surface area contributed by atoms with E-state index in [1.165, 1.54) is 18.9 Å². The lowest BCUT2D eigenvalue weighted by atomic mass is 9.99. The molecule has 2 atom stereocenters. The van der Waals surface area contributed by atoms with Gasteiger partial charge in [0.1, 0.15) is 11.4 Å². The van der Waals surface area contributed by atoms with Gasteiger partial charge in [-0.05, 0) is 56.1 Å². The van der Waals surface area contributed by atoms with Crippen molar-refractivity contribution in [3.05, 3.63) is 42.1 Å². The maximum atomic E-state index is 12.9. The quantitative estimate of drug-likeness (QED) is 0.670. The number of aromatic nitrogens is 3. The van der Waals surface area contributed by atoms with Crippen LogP contribution in [0.1, 0.15) is 31.2 Å². The summed E-state index contributed by atoms with van der Waals surface area (Å²) in [6.45, 7) is 2.21. The Morgan fingerprint density at radius 2 is 1.93 bits per heavy atom. The van der Waals surface area contributed by atoms with Crippen LogP contribution in [0, 0.1) is 0 Å². The van der Waals surface area contributed by atoms with E-state index in [0.717, 1.165) is 38.1 Å². The molecule has 158 valence electrons. The molecule has 0 amide bonds. The summed E-state index contributed by atoms with van der Waals surface area (Å²) < 4.78 is 40.6. The normalized spacial score (nSPS) is 22.4. The van der Waals surface area contributed by atoms with E-state index >= 15 is 0 Å². The number of alkyl halides is 3. The summed E-state index contributed by atoms with van der Waals surface area (Å²) in [5, 5.41) is 22.3. The highest BCUT2D eigenvalue weighted by Gasteiger charge is 2.36. The number of phenols is 1. The van der Waals surface area contributed by atoms with Crippen molar-refractivity contribution in [1.29, 1.82) is 0 Å². The fourth-order valence-electron chi connectivity index (χ4n) is 4.74. The van der Waals surface area contributed by atoms with Crippen LogP contribution >= 0.6 is 0 Å². The minimum Gasteiger partial charge on any atom is -0.507 e. The average molecular weight is 417 g/mol. The lowest BCUT2D eigenvalue weighted by Crippen LogP contribution is -2.42. The molecule has 30 heavy (non-hydrogen) atoms. The van der Waals surface area contributed by atoms with Crippen LogP contribution in [-0.2, 0) is 6.18 Å². The third-order valence-electron chi connectivity index (χ3n) is 6.21. The molecule has 1 aromatic carbocycles. The zero-order valence-corrected chi connectivity index (χ0v) is 16.2. The number of hydrogen-bond acceptors (Lipinski definition) is 5. The van der Waals surface area contributed by atoms with E-state index in [0.29, 0.717) is 23.2 Å². The lowest BCUT2D eigenvalue weighted by molar-refractivity contribution is -0.137. The van der Waals surface area contributed by atoms with Crippen LogP contribution in [0.3, 0.4) is 0 Å². The van der Waals surface area contributed by atoms with Gasteiger partial charge in [-0.2, -0.15) is 13.2 Å². The number of phenolic OH excluding ortho intramolecular Hbond substituents is 1. The van der Waals surface area contributed by atoms with Gasteiger partial charge in [-0.3, -0.25) is 9.30 Å². The van der Waals surface area contributed by atoms with Crippen molar-refractivity contribution in [3.8, 4) is 17.0 Å². The molecule has 6 nitrogen and oxygen atoms in total. The van der Waals surface area contributed by atoms with Crippen molar-refractivity contribution in [2.45, 2.75) is 43.9 Å². The second-order valence-electron chi connectivity index (χ2n) is 8.00. The summed E-state index contributed by atoms with van der Waals surface area (Å²) in [7, 11) is 0. The number of fused-ring (bicyclic) bond motifs is 2. The van der Waals surface area contributed by atoms with Crippen LogP contribution in [0.15, 0.2) is 36.5 Å². The Hall–Kier alpha value is -2.81. The van der Waals surface area contributed by atoms with Gasteiger partial charge in [0.25, 0.3) is 0 Å². The zero-order chi connectivity index (χ0) is 20.9. The Morgan fingerprint density at radius 1 is 1.07 bits per heavy atom. The standard InChI is InChI=1S/C21H22F3N5O/c22-21(23,24)13-6-7-14(18(30)12-13)19-17-5-3-10-29(17)20(27-26-19)25-15-8-11-28-9-2-1-4-16(15)28/h3,5-7,10,12,15-16,30H,1-2,4,8-9,11H2,(H,25,27). The second kappa shape index (κ2) is 7.16. The predicted octanol–water partition coefficient (Wildman–Crippen LogP) is 4.16. The lowest BCUT2D eigenvalue weighted by Gasteiger charge is -2.32. The van der Waals surface area contributed by atoms with Crippen LogP contribution < -0.4 is 5.32 Å². The molecular formula is C21H22F3N5O. The van der Waals surface area contributed by atoms with Crippen molar-refractivity contribution in [2.24, 2.45) is 0 Å². The highest BCUT2D eigenvalue weighted by atomic mass is 19.4. The SMILES string of the molecule is Oc1cc(C(F)(F)F)ccc1-c1nnc(NC2CCN3CCCCC23)n2cccc12. The van der Waals surface area contributed by atoms with Crippen LogP contribution in [0.2, 0.25) is 0 Å². The number of nitrogens with one attached hydrogen (secondary N) is 1. The molecule has 2 fully saturated rings. The first-order valence-corrected chi connectivity index (χ1v) is 10.2. The van der Waals surface area contributed by atoms with Gasteiger partial charge in [0.2, 0.25) is 5.95 Å². The van der Waals surface area contributed by atoms with Crippen molar-refractivity contribution in [3.63, 3.8) is 0 Å². The van der Waals surface area contributed by atoms with Crippen LogP contribution in [0.5, 0.6) is 5.75 Å². The number of benzene rings is 1. The molecule has 0 bridgehead atoms. The molecule has 2 N–H and O–H groups in total. The number of nitrogens with zero attached hydrogens (tertiary/aromatic N) is 4. The van der Waals surface area contributed by atoms with Gasteiger partial charge in [-0.25, -0.2) is 0 Å². The molecule has 2 aliphatic rings. The topological polar surface area (TPSA) is 65.7 Å². The number of aromatic hydroxyl groups is 1. The first-order valence-electron chi connectivity index (χ1n) is 10.2. The van der Waals surface area contributed by atoms with E-state index < -0.39 is 17.5 Å². The first-order chi connectivity index (χ1) is 14.4. The molecule has 2 unspecified atom stereocenters. The van der Waals surface area contributed by atoms with Gasteiger partial charge in [0.05, 0.1) is 11.1 Å². The maximum absolute atomic E-state index is 12.9. The Bertz CT molecular complexity index is 1080. The summed E-state index contributed by atoms with van der Waals surface area (Å²) in [6.07, 6.45) is 2.00.